The molecule has 2 heterocycles. The zero-order valence-electron chi connectivity index (χ0n) is 12.9. The number of hydrogen-bond acceptors (Lipinski definition) is 5. The van der Waals surface area contributed by atoms with Crippen molar-refractivity contribution in [3.8, 4) is 0 Å². The molecule has 6 heteroatoms. The fourth-order valence-corrected chi connectivity index (χ4v) is 2.72. The fraction of sp³-hybridized carbons (Fsp3) is 0.500. The van der Waals surface area contributed by atoms with E-state index in [1.54, 1.807) is 12.1 Å². The van der Waals surface area contributed by atoms with Gasteiger partial charge in [0, 0.05) is 31.6 Å². The highest BCUT2D eigenvalue weighted by Crippen LogP contribution is 2.24. The molecule has 1 aliphatic heterocycles. The summed E-state index contributed by atoms with van der Waals surface area (Å²) < 4.78 is 18.8. The van der Waals surface area contributed by atoms with E-state index in [-0.39, 0.29) is 17.8 Å². The molecule has 0 bridgehead atoms. The summed E-state index contributed by atoms with van der Waals surface area (Å²) in [7, 11) is 0. The van der Waals surface area contributed by atoms with Crippen LogP contribution in [0, 0.1) is 5.82 Å². The average molecular weight is 304 g/mol. The maximum atomic E-state index is 13.5. The molecule has 1 unspecified atom stereocenters. The maximum Gasteiger partial charge on any atom is 0.240 e. The third-order valence-corrected chi connectivity index (χ3v) is 3.93. The zero-order valence-corrected chi connectivity index (χ0v) is 12.9. The number of nitrogens with zero attached hydrogens (tertiary/aromatic N) is 3. The molecular formula is C16H21FN4O. The first-order valence-electron chi connectivity index (χ1n) is 7.66. The SMILES string of the molecule is CC(C)c1noc(CN2CCNCC2c2cccc(F)c2)n1. The second-order valence-electron chi connectivity index (χ2n) is 5.95. The van der Waals surface area contributed by atoms with E-state index >= 15 is 0 Å². The topological polar surface area (TPSA) is 54.2 Å². The van der Waals surface area contributed by atoms with Gasteiger partial charge >= 0.3 is 0 Å². The minimum atomic E-state index is -0.206. The van der Waals surface area contributed by atoms with Crippen LogP contribution >= 0.6 is 0 Å². The molecule has 118 valence electrons. The van der Waals surface area contributed by atoms with Crippen LogP contribution in [-0.4, -0.2) is 34.7 Å². The second kappa shape index (κ2) is 6.54. The monoisotopic (exact) mass is 304 g/mol. The summed E-state index contributed by atoms with van der Waals surface area (Å²) in [6.45, 7) is 7.21. The Hall–Kier alpha value is -1.79. The molecule has 22 heavy (non-hydrogen) atoms. The highest BCUT2D eigenvalue weighted by atomic mass is 19.1. The van der Waals surface area contributed by atoms with Gasteiger partial charge in [-0.05, 0) is 17.7 Å². The van der Waals surface area contributed by atoms with Crippen LogP contribution in [-0.2, 0) is 6.54 Å². The first kappa shape index (κ1) is 15.1. The van der Waals surface area contributed by atoms with Crippen LogP contribution in [0.1, 0.15) is 43.1 Å². The Morgan fingerprint density at radius 1 is 1.45 bits per heavy atom. The maximum absolute atomic E-state index is 13.5. The van der Waals surface area contributed by atoms with E-state index in [1.165, 1.54) is 6.07 Å². The van der Waals surface area contributed by atoms with Gasteiger partial charge in [0.15, 0.2) is 5.82 Å². The van der Waals surface area contributed by atoms with Crippen LogP contribution < -0.4 is 5.32 Å². The van der Waals surface area contributed by atoms with E-state index in [0.717, 1.165) is 31.0 Å². The Bertz CT molecular complexity index is 628. The van der Waals surface area contributed by atoms with Gasteiger partial charge in [0.05, 0.1) is 6.54 Å². The Morgan fingerprint density at radius 2 is 2.32 bits per heavy atom. The number of rotatable bonds is 4. The molecule has 0 saturated carbocycles. The predicted molar refractivity (Wildman–Crippen MR) is 80.8 cm³/mol. The predicted octanol–water partition coefficient (Wildman–Crippen LogP) is 2.48. The van der Waals surface area contributed by atoms with Crippen molar-refractivity contribution in [1.82, 2.24) is 20.4 Å². The van der Waals surface area contributed by atoms with Crippen molar-refractivity contribution in [2.24, 2.45) is 0 Å². The Morgan fingerprint density at radius 3 is 3.05 bits per heavy atom. The van der Waals surface area contributed by atoms with Crippen LogP contribution in [0.5, 0.6) is 0 Å². The molecule has 3 rings (SSSR count). The number of halogens is 1. The van der Waals surface area contributed by atoms with Gasteiger partial charge in [-0.2, -0.15) is 4.98 Å². The number of nitrogens with one attached hydrogen (secondary N) is 1. The first-order valence-corrected chi connectivity index (χ1v) is 7.66. The third kappa shape index (κ3) is 3.34. The molecule has 2 aromatic rings. The van der Waals surface area contributed by atoms with Crippen molar-refractivity contribution in [3.05, 3.63) is 47.4 Å². The highest BCUT2D eigenvalue weighted by Gasteiger charge is 2.26. The van der Waals surface area contributed by atoms with E-state index in [0.29, 0.717) is 12.4 Å². The lowest BCUT2D eigenvalue weighted by Crippen LogP contribution is -2.45. The molecule has 1 fully saturated rings. The van der Waals surface area contributed by atoms with Crippen LogP contribution in [0.3, 0.4) is 0 Å². The van der Waals surface area contributed by atoms with Gasteiger partial charge in [-0.15, -0.1) is 0 Å². The normalized spacial score (nSPS) is 19.7. The molecule has 1 saturated heterocycles. The summed E-state index contributed by atoms with van der Waals surface area (Å²) in [6, 6.07) is 6.89. The van der Waals surface area contributed by atoms with Gasteiger partial charge in [0.2, 0.25) is 5.89 Å². The van der Waals surface area contributed by atoms with E-state index in [9.17, 15) is 4.39 Å². The van der Waals surface area contributed by atoms with Crippen molar-refractivity contribution in [1.29, 1.82) is 0 Å². The lowest BCUT2D eigenvalue weighted by atomic mass is 10.0. The summed E-state index contributed by atoms with van der Waals surface area (Å²) in [6.07, 6.45) is 0. The van der Waals surface area contributed by atoms with E-state index in [1.807, 2.05) is 19.9 Å². The minimum absolute atomic E-state index is 0.110. The summed E-state index contributed by atoms with van der Waals surface area (Å²) in [4.78, 5) is 6.69. The highest BCUT2D eigenvalue weighted by molar-refractivity contribution is 5.21. The number of aromatic nitrogens is 2. The molecule has 1 aromatic carbocycles. The summed E-state index contributed by atoms with van der Waals surface area (Å²) in [5.41, 5.74) is 0.968. The van der Waals surface area contributed by atoms with Gasteiger partial charge in [0.1, 0.15) is 5.82 Å². The van der Waals surface area contributed by atoms with Crippen LogP contribution in [0.25, 0.3) is 0 Å². The summed E-state index contributed by atoms with van der Waals surface area (Å²) in [5.74, 6) is 1.39. The standard InChI is InChI=1S/C16H21FN4O/c1-11(2)16-19-15(22-20-16)10-21-7-6-18-9-14(21)12-4-3-5-13(17)8-12/h3-5,8,11,14,18H,6-7,9-10H2,1-2H3. The van der Waals surface area contributed by atoms with Crippen LogP contribution in [0.4, 0.5) is 4.39 Å². The number of hydrogen-bond donors (Lipinski definition) is 1. The Labute approximate surface area is 129 Å². The molecule has 0 amide bonds. The van der Waals surface area contributed by atoms with Crippen molar-refractivity contribution in [2.75, 3.05) is 19.6 Å². The fourth-order valence-electron chi connectivity index (χ4n) is 2.72. The average Bonchev–Trinajstić information content (AvgIpc) is 2.97. The van der Waals surface area contributed by atoms with Gasteiger partial charge in [-0.3, -0.25) is 4.90 Å². The molecule has 1 N–H and O–H groups in total. The molecule has 0 radical (unpaired) electrons. The molecule has 1 aliphatic rings. The second-order valence-corrected chi connectivity index (χ2v) is 5.95. The van der Waals surface area contributed by atoms with Crippen molar-refractivity contribution in [2.45, 2.75) is 32.4 Å². The van der Waals surface area contributed by atoms with Crippen LogP contribution in [0.2, 0.25) is 0 Å². The molecular weight excluding hydrogens is 283 g/mol. The molecule has 1 aromatic heterocycles. The molecule has 0 aliphatic carbocycles. The number of benzene rings is 1. The van der Waals surface area contributed by atoms with Crippen molar-refractivity contribution in [3.63, 3.8) is 0 Å². The van der Waals surface area contributed by atoms with Gasteiger partial charge in [-0.1, -0.05) is 31.1 Å². The molecule has 1 atom stereocenters. The molecule has 5 nitrogen and oxygen atoms in total. The van der Waals surface area contributed by atoms with Crippen molar-refractivity contribution < 1.29 is 8.91 Å². The quantitative estimate of drug-likeness (QED) is 0.940. The smallest absolute Gasteiger partial charge is 0.240 e. The Kier molecular flexibility index (Phi) is 4.49. The van der Waals surface area contributed by atoms with Crippen molar-refractivity contribution >= 4 is 0 Å². The van der Waals surface area contributed by atoms with Gasteiger partial charge in [0.25, 0.3) is 0 Å². The minimum Gasteiger partial charge on any atom is -0.338 e. The summed E-state index contributed by atoms with van der Waals surface area (Å²) >= 11 is 0. The third-order valence-electron chi connectivity index (χ3n) is 3.93. The number of piperazine rings is 1. The van der Waals surface area contributed by atoms with E-state index in [4.69, 9.17) is 4.52 Å². The Balaban J connectivity index is 1.77. The van der Waals surface area contributed by atoms with E-state index < -0.39 is 0 Å². The first-order chi connectivity index (χ1) is 10.6. The van der Waals surface area contributed by atoms with E-state index in [2.05, 4.69) is 20.4 Å². The molecule has 0 spiro atoms. The zero-order chi connectivity index (χ0) is 15.5. The largest absolute Gasteiger partial charge is 0.338 e. The van der Waals surface area contributed by atoms with Gasteiger partial charge in [-0.25, -0.2) is 4.39 Å². The van der Waals surface area contributed by atoms with Gasteiger partial charge < -0.3 is 9.84 Å². The van der Waals surface area contributed by atoms with Crippen LogP contribution in [0.15, 0.2) is 28.8 Å². The summed E-state index contributed by atoms with van der Waals surface area (Å²) in [5, 5.41) is 7.37. The lowest BCUT2D eigenvalue weighted by Gasteiger charge is -2.35. The lowest BCUT2D eigenvalue weighted by molar-refractivity contribution is 0.135.